The van der Waals surface area contributed by atoms with Gasteiger partial charge in [-0.2, -0.15) is 0 Å². The van der Waals surface area contributed by atoms with Gasteiger partial charge in [0, 0.05) is 18.7 Å². The SMILES string of the molecule is CCCCCCN1Cc2ccc(F)cc2C1=N. The zero-order valence-corrected chi connectivity index (χ0v) is 10.3. The highest BCUT2D eigenvalue weighted by atomic mass is 19.1. The first-order valence-electron chi connectivity index (χ1n) is 6.34. The van der Waals surface area contributed by atoms with Crippen LogP contribution in [0.15, 0.2) is 18.2 Å². The molecule has 0 spiro atoms. The van der Waals surface area contributed by atoms with E-state index >= 15 is 0 Å². The van der Waals surface area contributed by atoms with Crippen molar-refractivity contribution in [1.82, 2.24) is 4.90 Å². The lowest BCUT2D eigenvalue weighted by Gasteiger charge is -2.17. The van der Waals surface area contributed by atoms with Crippen molar-refractivity contribution in [3.8, 4) is 0 Å². The Kier molecular flexibility index (Phi) is 3.77. The monoisotopic (exact) mass is 234 g/mol. The number of benzene rings is 1. The van der Waals surface area contributed by atoms with E-state index in [1.54, 1.807) is 6.07 Å². The van der Waals surface area contributed by atoms with Crippen LogP contribution in [0.2, 0.25) is 0 Å². The molecule has 1 aromatic carbocycles. The summed E-state index contributed by atoms with van der Waals surface area (Å²) in [6.45, 7) is 3.87. The van der Waals surface area contributed by atoms with Crippen molar-refractivity contribution in [3.63, 3.8) is 0 Å². The fourth-order valence-electron chi connectivity index (χ4n) is 2.28. The molecule has 0 bridgehead atoms. The predicted octanol–water partition coefficient (Wildman–Crippen LogP) is 3.55. The average molecular weight is 234 g/mol. The zero-order valence-electron chi connectivity index (χ0n) is 10.3. The number of hydrogen-bond acceptors (Lipinski definition) is 1. The Morgan fingerprint density at radius 1 is 1.29 bits per heavy atom. The largest absolute Gasteiger partial charge is 0.352 e. The second kappa shape index (κ2) is 5.30. The molecule has 17 heavy (non-hydrogen) atoms. The first-order valence-corrected chi connectivity index (χ1v) is 6.34. The highest BCUT2D eigenvalue weighted by Crippen LogP contribution is 2.23. The molecule has 0 saturated heterocycles. The molecule has 0 radical (unpaired) electrons. The summed E-state index contributed by atoms with van der Waals surface area (Å²) in [6.07, 6.45) is 4.81. The summed E-state index contributed by atoms with van der Waals surface area (Å²) in [6, 6.07) is 4.75. The van der Waals surface area contributed by atoms with Gasteiger partial charge < -0.3 is 4.90 Å². The van der Waals surface area contributed by atoms with Gasteiger partial charge in [-0.25, -0.2) is 4.39 Å². The van der Waals surface area contributed by atoms with Crippen LogP contribution in [0.4, 0.5) is 4.39 Å². The lowest BCUT2D eigenvalue weighted by molar-refractivity contribution is 0.408. The quantitative estimate of drug-likeness (QED) is 0.775. The van der Waals surface area contributed by atoms with Crippen LogP contribution in [0.25, 0.3) is 0 Å². The lowest BCUT2D eigenvalue weighted by atomic mass is 10.1. The number of unbranched alkanes of at least 4 members (excludes halogenated alkanes) is 3. The number of nitrogens with zero attached hydrogens (tertiary/aromatic N) is 1. The van der Waals surface area contributed by atoms with Gasteiger partial charge in [0.2, 0.25) is 0 Å². The van der Waals surface area contributed by atoms with Gasteiger partial charge in [0.15, 0.2) is 0 Å². The Labute approximate surface area is 102 Å². The highest BCUT2D eigenvalue weighted by molar-refractivity contribution is 6.00. The minimum Gasteiger partial charge on any atom is -0.352 e. The smallest absolute Gasteiger partial charge is 0.128 e. The molecular formula is C14H19FN2. The number of amidine groups is 1. The van der Waals surface area contributed by atoms with E-state index in [4.69, 9.17) is 5.41 Å². The Balaban J connectivity index is 1.95. The summed E-state index contributed by atoms with van der Waals surface area (Å²) in [5.74, 6) is 0.234. The van der Waals surface area contributed by atoms with Crippen molar-refractivity contribution in [1.29, 1.82) is 5.41 Å². The molecular weight excluding hydrogens is 215 g/mol. The van der Waals surface area contributed by atoms with Crippen molar-refractivity contribution in [2.75, 3.05) is 6.54 Å². The van der Waals surface area contributed by atoms with Gasteiger partial charge in [0.1, 0.15) is 11.7 Å². The summed E-state index contributed by atoms with van der Waals surface area (Å²) in [4.78, 5) is 2.04. The fourth-order valence-corrected chi connectivity index (χ4v) is 2.28. The maximum Gasteiger partial charge on any atom is 0.128 e. The van der Waals surface area contributed by atoms with Crippen molar-refractivity contribution < 1.29 is 4.39 Å². The van der Waals surface area contributed by atoms with Crippen LogP contribution in [0.1, 0.15) is 43.7 Å². The molecule has 3 heteroatoms. The van der Waals surface area contributed by atoms with Crippen LogP contribution in [0, 0.1) is 11.2 Å². The van der Waals surface area contributed by atoms with E-state index in [0.717, 1.165) is 30.6 Å². The summed E-state index contributed by atoms with van der Waals surface area (Å²) >= 11 is 0. The fraction of sp³-hybridized carbons (Fsp3) is 0.500. The van der Waals surface area contributed by atoms with E-state index in [1.165, 1.54) is 31.4 Å². The van der Waals surface area contributed by atoms with Gasteiger partial charge in [0.25, 0.3) is 0 Å². The van der Waals surface area contributed by atoms with Gasteiger partial charge in [0.05, 0.1) is 0 Å². The topological polar surface area (TPSA) is 27.1 Å². The van der Waals surface area contributed by atoms with Gasteiger partial charge in [-0.1, -0.05) is 32.3 Å². The van der Waals surface area contributed by atoms with E-state index in [1.807, 2.05) is 4.90 Å². The number of rotatable bonds is 5. The molecule has 1 heterocycles. The Morgan fingerprint density at radius 3 is 2.88 bits per heavy atom. The molecule has 0 saturated carbocycles. The predicted molar refractivity (Wildman–Crippen MR) is 67.8 cm³/mol. The van der Waals surface area contributed by atoms with Crippen molar-refractivity contribution >= 4 is 5.84 Å². The Hall–Kier alpha value is -1.38. The molecule has 0 aromatic heterocycles. The van der Waals surface area contributed by atoms with Crippen molar-refractivity contribution in [3.05, 3.63) is 35.1 Å². The number of nitrogens with one attached hydrogen (secondary N) is 1. The van der Waals surface area contributed by atoms with Gasteiger partial charge in [-0.3, -0.25) is 5.41 Å². The van der Waals surface area contributed by atoms with E-state index in [2.05, 4.69) is 6.92 Å². The maximum atomic E-state index is 13.1. The minimum atomic E-state index is -0.249. The second-order valence-electron chi connectivity index (χ2n) is 4.63. The van der Waals surface area contributed by atoms with Gasteiger partial charge in [-0.05, 0) is 24.1 Å². The maximum absolute atomic E-state index is 13.1. The normalized spacial score (nSPS) is 14.2. The first kappa shape index (κ1) is 12.1. The number of hydrogen-bond donors (Lipinski definition) is 1. The Morgan fingerprint density at radius 2 is 2.12 bits per heavy atom. The molecule has 1 N–H and O–H groups in total. The molecule has 92 valence electrons. The molecule has 1 aliphatic heterocycles. The molecule has 0 atom stereocenters. The molecule has 0 unspecified atom stereocenters. The van der Waals surface area contributed by atoms with Crippen molar-refractivity contribution in [2.24, 2.45) is 0 Å². The third-order valence-electron chi connectivity index (χ3n) is 3.29. The molecule has 2 rings (SSSR count). The van der Waals surface area contributed by atoms with Crippen LogP contribution in [-0.2, 0) is 6.54 Å². The molecule has 1 aromatic rings. The van der Waals surface area contributed by atoms with Crippen molar-refractivity contribution in [2.45, 2.75) is 39.2 Å². The van der Waals surface area contributed by atoms with Crippen LogP contribution < -0.4 is 0 Å². The van der Waals surface area contributed by atoms with E-state index in [0.29, 0.717) is 5.84 Å². The van der Waals surface area contributed by atoms with Crippen LogP contribution in [0.5, 0.6) is 0 Å². The average Bonchev–Trinajstić information content (AvgIpc) is 2.62. The van der Waals surface area contributed by atoms with E-state index < -0.39 is 0 Å². The standard InChI is InChI=1S/C14H19FN2/c1-2-3-4-5-8-17-10-11-6-7-12(15)9-13(11)14(17)16/h6-7,9,16H,2-5,8,10H2,1H3. The third kappa shape index (κ3) is 2.65. The van der Waals surface area contributed by atoms with E-state index in [-0.39, 0.29) is 5.82 Å². The molecule has 0 fully saturated rings. The van der Waals surface area contributed by atoms with Gasteiger partial charge in [-0.15, -0.1) is 0 Å². The summed E-state index contributed by atoms with van der Waals surface area (Å²) < 4.78 is 13.1. The van der Waals surface area contributed by atoms with Crippen LogP contribution in [0.3, 0.4) is 0 Å². The minimum absolute atomic E-state index is 0.249. The number of fused-ring (bicyclic) bond motifs is 1. The van der Waals surface area contributed by atoms with E-state index in [9.17, 15) is 4.39 Å². The summed E-state index contributed by atoms with van der Waals surface area (Å²) in [7, 11) is 0. The summed E-state index contributed by atoms with van der Waals surface area (Å²) in [5.41, 5.74) is 1.84. The molecule has 0 aliphatic carbocycles. The summed E-state index contributed by atoms with van der Waals surface area (Å²) in [5, 5.41) is 8.02. The zero-order chi connectivity index (χ0) is 12.3. The van der Waals surface area contributed by atoms with Gasteiger partial charge >= 0.3 is 0 Å². The number of halogens is 1. The first-order chi connectivity index (χ1) is 8.22. The van der Waals surface area contributed by atoms with Crippen LogP contribution in [-0.4, -0.2) is 17.3 Å². The molecule has 0 amide bonds. The molecule has 1 aliphatic rings. The Bertz CT molecular complexity index is 415. The molecule has 2 nitrogen and oxygen atoms in total. The lowest BCUT2D eigenvalue weighted by Crippen LogP contribution is -2.25. The van der Waals surface area contributed by atoms with Crippen LogP contribution >= 0.6 is 0 Å². The third-order valence-corrected chi connectivity index (χ3v) is 3.29. The highest BCUT2D eigenvalue weighted by Gasteiger charge is 2.23. The second-order valence-corrected chi connectivity index (χ2v) is 4.63.